The second-order valence-corrected chi connectivity index (χ2v) is 27.1. The number of halogens is 6. The number of hydrogen-bond donors (Lipinski definition) is 0. The summed E-state index contributed by atoms with van der Waals surface area (Å²) >= 11 is 0. The highest BCUT2D eigenvalue weighted by Gasteiger charge is 2.41. The third kappa shape index (κ3) is 18.2. The van der Waals surface area contributed by atoms with Crippen molar-refractivity contribution in [3.8, 4) is 96.3 Å². The maximum Gasteiger partial charge on any atom is 0.338 e. The summed E-state index contributed by atoms with van der Waals surface area (Å²) in [5.41, 5.74) is 12.7. The monoisotopic (exact) mass is 1520 g/mol. The van der Waals surface area contributed by atoms with Gasteiger partial charge in [-0.15, -0.1) is 0 Å². The number of carbonyl (C=O) groups is 8. The van der Waals surface area contributed by atoms with E-state index < -0.39 is 99.7 Å². The number of hydrogen-bond acceptors (Lipinski definition) is 17. The van der Waals surface area contributed by atoms with E-state index in [0.29, 0.717) is 63.0 Å². The minimum absolute atomic E-state index is 0.0343. The van der Waals surface area contributed by atoms with Crippen LogP contribution in [0.1, 0.15) is 108 Å². The molecule has 17 nitrogen and oxygen atoms in total. The van der Waals surface area contributed by atoms with Crippen LogP contribution in [0.25, 0.3) is 44.5 Å². The molecule has 0 atom stereocenters. The first-order chi connectivity index (χ1) is 52.2. The van der Waals surface area contributed by atoms with Crippen molar-refractivity contribution >= 4 is 47.8 Å². The van der Waals surface area contributed by atoms with Gasteiger partial charge in [-0.25, -0.2) is 55.9 Å². The number of ether oxygens (including phenoxy) is 9. The first-order valence-corrected chi connectivity index (χ1v) is 34.0. The molecule has 0 radical (unpaired) electrons. The van der Waals surface area contributed by atoms with Gasteiger partial charge in [0.2, 0.25) is 17.4 Å². The van der Waals surface area contributed by atoms with Crippen LogP contribution >= 0.6 is 0 Å². The third-order valence-electron chi connectivity index (χ3n) is 17.5. The summed E-state index contributed by atoms with van der Waals surface area (Å²) in [5.74, 6) is -12.8. The molecule has 0 spiro atoms. The second kappa shape index (κ2) is 33.5. The van der Waals surface area contributed by atoms with Gasteiger partial charge in [-0.2, -0.15) is 8.78 Å². The van der Waals surface area contributed by atoms with Gasteiger partial charge in [-0.3, -0.25) is 0 Å². The lowest BCUT2D eigenvalue weighted by Crippen LogP contribution is -2.16. The first-order valence-electron chi connectivity index (χ1n) is 34.0. The third-order valence-corrected chi connectivity index (χ3v) is 17.5. The van der Waals surface area contributed by atoms with E-state index in [4.69, 9.17) is 33.2 Å². The molecule has 0 aromatic heterocycles. The van der Waals surface area contributed by atoms with Crippen molar-refractivity contribution < 1.29 is 107 Å². The lowest BCUT2D eigenvalue weighted by Gasteiger charge is -2.23. The average Bonchev–Trinajstić information content (AvgIpc) is 1.55. The summed E-state index contributed by atoms with van der Waals surface area (Å²) in [7, 11) is 0. The van der Waals surface area contributed by atoms with Gasteiger partial charge >= 0.3 is 47.8 Å². The van der Waals surface area contributed by atoms with E-state index in [1.54, 1.807) is 39.8 Å². The number of esters is 8. The molecule has 8 aromatic rings. The summed E-state index contributed by atoms with van der Waals surface area (Å²) in [6, 6.07) is 27.8. The van der Waals surface area contributed by atoms with Crippen LogP contribution in [0.3, 0.4) is 0 Å². The maximum atomic E-state index is 14.8. The molecule has 0 unspecified atom stereocenters. The number of benzene rings is 8. The van der Waals surface area contributed by atoms with Gasteiger partial charge in [0.25, 0.3) is 0 Å². The molecule has 1 aliphatic heterocycles. The van der Waals surface area contributed by atoms with E-state index >= 15 is 0 Å². The fraction of sp³-hybridized carbons (Fsp3) is 0.182. The Balaban J connectivity index is 0.000000170. The number of fused-ring (bicyclic) bond motifs is 6. The average molecular weight is 1520 g/mol. The van der Waals surface area contributed by atoms with E-state index in [1.165, 1.54) is 74.2 Å². The van der Waals surface area contributed by atoms with E-state index in [0.717, 1.165) is 71.2 Å². The van der Waals surface area contributed by atoms with Gasteiger partial charge in [0.1, 0.15) is 29.6 Å². The van der Waals surface area contributed by atoms with Gasteiger partial charge in [-0.05, 0) is 245 Å². The molecule has 3 aliphatic carbocycles. The summed E-state index contributed by atoms with van der Waals surface area (Å²) in [4.78, 5) is 93.5. The zero-order valence-corrected chi connectivity index (χ0v) is 62.3. The normalized spacial score (nSPS) is 12.1. The number of aryl methyl sites for hydroxylation is 4. The lowest BCUT2D eigenvalue weighted by molar-refractivity contribution is -0.131. The van der Waals surface area contributed by atoms with Gasteiger partial charge in [0, 0.05) is 66.7 Å². The number of carbonyl (C=O) groups excluding carboxylic acids is 8. The molecule has 0 amide bonds. The van der Waals surface area contributed by atoms with E-state index in [1.807, 2.05) is 48.5 Å². The minimum Gasteiger partial charge on any atom is -0.485 e. The molecular weight excluding hydrogens is 1440 g/mol. The quantitative estimate of drug-likeness (QED) is 0.0358. The molecule has 0 saturated heterocycles. The molecule has 8 aromatic carbocycles. The van der Waals surface area contributed by atoms with Gasteiger partial charge in [0.15, 0.2) is 46.3 Å². The Kier molecular flexibility index (Phi) is 24.7. The Bertz CT molecular complexity index is 5170. The van der Waals surface area contributed by atoms with Crippen molar-refractivity contribution in [2.45, 2.75) is 107 Å². The first kappa shape index (κ1) is 81.9. The highest BCUT2D eigenvalue weighted by Crippen LogP contribution is 2.56. The molecule has 570 valence electrons. The maximum absolute atomic E-state index is 14.8. The summed E-state index contributed by atoms with van der Waals surface area (Å²) in [5, 5.41) is 0. The van der Waals surface area contributed by atoms with Gasteiger partial charge in [0.05, 0.1) is 0 Å². The Labute approximate surface area is 635 Å². The smallest absolute Gasteiger partial charge is 0.338 e. The molecule has 23 heteroatoms. The molecule has 0 bridgehead atoms. The molecular formula is C88H74F6O17. The predicted octanol–water partition coefficient (Wildman–Crippen LogP) is 18.8. The Morgan fingerprint density at radius 3 is 1.05 bits per heavy atom. The topological polar surface area (TPSA) is 220 Å². The Morgan fingerprint density at radius 1 is 0.333 bits per heavy atom. The van der Waals surface area contributed by atoms with Crippen molar-refractivity contribution in [2.75, 3.05) is 0 Å². The highest BCUT2D eigenvalue weighted by atomic mass is 19.2. The van der Waals surface area contributed by atoms with Crippen molar-refractivity contribution in [1.82, 2.24) is 0 Å². The van der Waals surface area contributed by atoms with E-state index in [-0.39, 0.29) is 68.3 Å². The van der Waals surface area contributed by atoms with Crippen LogP contribution in [0.5, 0.6) is 51.7 Å². The lowest BCUT2D eigenvalue weighted by atomic mass is 9.82. The minimum atomic E-state index is -1.52. The van der Waals surface area contributed by atoms with E-state index in [2.05, 4.69) is 76.0 Å². The zero-order valence-electron chi connectivity index (χ0n) is 62.3. The van der Waals surface area contributed by atoms with Crippen LogP contribution in [-0.4, -0.2) is 47.8 Å². The molecule has 0 saturated carbocycles. The van der Waals surface area contributed by atoms with Crippen molar-refractivity contribution in [1.29, 1.82) is 0 Å². The molecule has 4 aliphatic rings. The Morgan fingerprint density at radius 2 is 0.649 bits per heavy atom. The van der Waals surface area contributed by atoms with Gasteiger partial charge in [-0.1, -0.05) is 78.6 Å². The van der Waals surface area contributed by atoms with E-state index in [9.17, 15) is 64.7 Å². The van der Waals surface area contributed by atoms with Gasteiger partial charge < -0.3 is 42.6 Å². The van der Waals surface area contributed by atoms with Crippen molar-refractivity contribution in [2.24, 2.45) is 0 Å². The molecule has 0 N–H and O–H groups in total. The van der Waals surface area contributed by atoms with Crippen LogP contribution in [0, 0.1) is 34.9 Å². The predicted molar refractivity (Wildman–Crippen MR) is 402 cm³/mol. The highest BCUT2D eigenvalue weighted by molar-refractivity contribution is 5.95. The summed E-state index contributed by atoms with van der Waals surface area (Å²) in [6.45, 7) is 44.0. The van der Waals surface area contributed by atoms with Crippen LogP contribution in [-0.2, 0) is 76.1 Å². The molecule has 12 rings (SSSR count). The fourth-order valence-electron chi connectivity index (χ4n) is 11.7. The SMILES string of the molecule is C=C(C)C(=O)Oc1cc2c3c(c1)C(C)(C)c1cc(OC(=O)C(=C)C)cc(c1-3)CC2.C=C(C)C(=O)Oc1ccc(-c2cc(F)c(OC(=O)C(=C)C)c(F)c2)c(F)c1F.C=C(C)C(=O)Oc1ccc2c(c1)CCc1cc(OC(=O)C(=C)C)ccc1-2.C=C(C)C(=O)Oc1ccc2c(c1F)COc1c-2ccc(OC(=O)C(=C)C)c1F. The van der Waals surface area contributed by atoms with Crippen molar-refractivity contribution in [3.05, 3.63) is 280 Å². The summed E-state index contributed by atoms with van der Waals surface area (Å²) in [6.07, 6.45) is 3.31. The molecule has 1 heterocycles. The summed E-state index contributed by atoms with van der Waals surface area (Å²) < 4.78 is 132. The van der Waals surface area contributed by atoms with Crippen LogP contribution in [0.15, 0.2) is 206 Å². The Hall–Kier alpha value is -13.2. The zero-order chi connectivity index (χ0) is 81.7. The standard InChI is InChI=1S/C25H24O4.C22H20O4.C21H16F2O5.C20H14F4O4/c1-13(2)23(26)28-17-9-15-7-8-16-10-18(29-24(27)14(3)4)12-20-22(16)21(15)19(11-17)25(20,5)6;1-13(2)21(23)25-17-7-9-19-15(11-17)5-6-16-12-18(8-10-20(16)19)26-22(24)14(3)4;1-10(2)20(24)27-15-7-5-12-13-6-8-16(28-21(25)11(3)4)18(23)19(13)26-9-14(12)17(15)22;1-9(2)19(25)27-15-6-5-12(16(23)17(15)24)11-7-13(21)18(14(22)8-11)28-20(26)10(3)4/h9-12H,1,3,7-8H2,2,4-6H3;7-12H,1,3,5-6H2,2,4H3;5-8H,1,3,9H2,2,4H3;5-8H,1,3H2,2,4H3. The largest absolute Gasteiger partial charge is 0.485 e. The van der Waals surface area contributed by atoms with Crippen LogP contribution < -0.4 is 42.6 Å². The number of rotatable bonds is 17. The van der Waals surface area contributed by atoms with Crippen LogP contribution in [0.4, 0.5) is 26.3 Å². The van der Waals surface area contributed by atoms with Crippen LogP contribution in [0.2, 0.25) is 0 Å². The fourth-order valence-corrected chi connectivity index (χ4v) is 11.7. The van der Waals surface area contributed by atoms with Crippen molar-refractivity contribution in [3.63, 3.8) is 0 Å². The molecule has 111 heavy (non-hydrogen) atoms. The second-order valence-electron chi connectivity index (χ2n) is 27.1. The molecule has 0 fully saturated rings.